The first-order valence-corrected chi connectivity index (χ1v) is 4.60. The van der Waals surface area contributed by atoms with Gasteiger partial charge in [0.15, 0.2) is 0 Å². The molecule has 0 atom stereocenters. The molecule has 1 aromatic rings. The summed E-state index contributed by atoms with van der Waals surface area (Å²) in [6, 6.07) is 0. The summed E-state index contributed by atoms with van der Waals surface area (Å²) < 4.78 is 1.24. The molecule has 88 valence electrons. The van der Waals surface area contributed by atoms with E-state index < -0.39 is 4.92 Å². The zero-order valence-electron chi connectivity index (χ0n) is 8.71. The average molecular weight is 228 g/mol. The van der Waals surface area contributed by atoms with Gasteiger partial charge in [-0.3, -0.25) is 19.6 Å². The summed E-state index contributed by atoms with van der Waals surface area (Å²) in [4.78, 5) is 21.2. The SMILES string of the molecule is Cc1c([N+](=O)[O-])cnn1CC(=O)NCCO. The van der Waals surface area contributed by atoms with Crippen molar-refractivity contribution in [2.75, 3.05) is 13.2 Å². The number of hydrogen-bond acceptors (Lipinski definition) is 5. The van der Waals surface area contributed by atoms with Crippen LogP contribution in [-0.2, 0) is 11.3 Å². The van der Waals surface area contributed by atoms with Crippen LogP contribution in [0.4, 0.5) is 5.69 Å². The topological polar surface area (TPSA) is 110 Å². The van der Waals surface area contributed by atoms with Crippen LogP contribution >= 0.6 is 0 Å². The molecule has 0 unspecified atom stereocenters. The Labute approximate surface area is 91.0 Å². The van der Waals surface area contributed by atoms with Crippen LogP contribution in [0.25, 0.3) is 0 Å². The zero-order valence-corrected chi connectivity index (χ0v) is 8.71. The van der Waals surface area contributed by atoms with Gasteiger partial charge < -0.3 is 10.4 Å². The number of amides is 1. The van der Waals surface area contributed by atoms with Gasteiger partial charge in [-0.2, -0.15) is 5.10 Å². The zero-order chi connectivity index (χ0) is 12.1. The van der Waals surface area contributed by atoms with Gasteiger partial charge in [0.05, 0.1) is 11.5 Å². The maximum Gasteiger partial charge on any atom is 0.309 e. The summed E-state index contributed by atoms with van der Waals surface area (Å²) in [5.41, 5.74) is 0.208. The fourth-order valence-electron chi connectivity index (χ4n) is 1.16. The first-order chi connectivity index (χ1) is 7.56. The Balaban J connectivity index is 2.68. The fourth-order valence-corrected chi connectivity index (χ4v) is 1.16. The molecule has 0 spiro atoms. The largest absolute Gasteiger partial charge is 0.395 e. The van der Waals surface area contributed by atoms with Crippen LogP contribution in [0.1, 0.15) is 5.69 Å². The van der Waals surface area contributed by atoms with E-state index in [2.05, 4.69) is 10.4 Å². The Bertz CT molecular complexity index is 401. The molecule has 0 aliphatic rings. The highest BCUT2D eigenvalue weighted by atomic mass is 16.6. The summed E-state index contributed by atoms with van der Waals surface area (Å²) >= 11 is 0. The van der Waals surface area contributed by atoms with Gasteiger partial charge in [-0.1, -0.05) is 0 Å². The minimum absolute atomic E-state index is 0.0975. The third-order valence-electron chi connectivity index (χ3n) is 2.00. The van der Waals surface area contributed by atoms with Crippen LogP contribution in [-0.4, -0.2) is 38.9 Å². The molecule has 0 saturated heterocycles. The monoisotopic (exact) mass is 228 g/mol. The quantitative estimate of drug-likeness (QED) is 0.506. The van der Waals surface area contributed by atoms with Gasteiger partial charge in [0.1, 0.15) is 18.4 Å². The number of nitro groups is 1. The molecule has 1 aromatic heterocycles. The first-order valence-electron chi connectivity index (χ1n) is 4.60. The van der Waals surface area contributed by atoms with Crippen molar-refractivity contribution in [1.82, 2.24) is 15.1 Å². The minimum atomic E-state index is -0.551. The predicted molar refractivity (Wildman–Crippen MR) is 53.7 cm³/mol. The lowest BCUT2D eigenvalue weighted by Gasteiger charge is -2.04. The van der Waals surface area contributed by atoms with E-state index in [1.165, 1.54) is 11.6 Å². The molecule has 8 heteroatoms. The number of rotatable bonds is 5. The molecule has 0 aliphatic heterocycles. The highest BCUT2D eigenvalue weighted by Crippen LogP contribution is 2.15. The third kappa shape index (κ3) is 2.76. The van der Waals surface area contributed by atoms with E-state index in [1.54, 1.807) is 0 Å². The van der Waals surface area contributed by atoms with E-state index >= 15 is 0 Å². The third-order valence-corrected chi connectivity index (χ3v) is 2.00. The van der Waals surface area contributed by atoms with Crippen LogP contribution in [0.3, 0.4) is 0 Å². The lowest BCUT2D eigenvalue weighted by atomic mass is 10.4. The van der Waals surface area contributed by atoms with E-state index in [4.69, 9.17) is 5.11 Å². The summed E-state index contributed by atoms with van der Waals surface area (Å²) in [5, 5.41) is 25.2. The van der Waals surface area contributed by atoms with Crippen molar-refractivity contribution in [2.45, 2.75) is 13.5 Å². The van der Waals surface area contributed by atoms with Crippen LogP contribution in [0.15, 0.2) is 6.20 Å². The smallest absolute Gasteiger partial charge is 0.309 e. The van der Waals surface area contributed by atoms with Crippen molar-refractivity contribution in [3.63, 3.8) is 0 Å². The molecule has 0 fully saturated rings. The molecular weight excluding hydrogens is 216 g/mol. The van der Waals surface area contributed by atoms with Crippen molar-refractivity contribution in [3.8, 4) is 0 Å². The van der Waals surface area contributed by atoms with Crippen LogP contribution in [0, 0.1) is 17.0 Å². The van der Waals surface area contributed by atoms with Crippen LogP contribution in [0.5, 0.6) is 0 Å². The molecule has 0 aromatic carbocycles. The number of carbonyl (C=O) groups excluding carboxylic acids is 1. The molecule has 1 rings (SSSR count). The Morgan fingerprint density at radius 1 is 1.75 bits per heavy atom. The molecule has 1 heterocycles. The molecular formula is C8H12N4O4. The standard InChI is InChI=1S/C8H12N4O4/c1-6-7(12(15)16)4-10-11(6)5-8(14)9-2-3-13/h4,13H,2-3,5H2,1H3,(H,9,14). The van der Waals surface area contributed by atoms with E-state index in [0.29, 0.717) is 5.69 Å². The number of hydrogen-bond donors (Lipinski definition) is 2. The Morgan fingerprint density at radius 2 is 2.44 bits per heavy atom. The van der Waals surface area contributed by atoms with E-state index in [9.17, 15) is 14.9 Å². The normalized spacial score (nSPS) is 10.1. The Kier molecular flexibility index (Phi) is 3.95. The van der Waals surface area contributed by atoms with Crippen molar-refractivity contribution >= 4 is 11.6 Å². The van der Waals surface area contributed by atoms with Crippen molar-refractivity contribution in [2.24, 2.45) is 0 Å². The first kappa shape index (κ1) is 12.1. The lowest BCUT2D eigenvalue weighted by Crippen LogP contribution is -2.30. The Morgan fingerprint density at radius 3 is 2.94 bits per heavy atom. The number of nitrogens with one attached hydrogen (secondary N) is 1. The van der Waals surface area contributed by atoms with E-state index in [1.807, 2.05) is 0 Å². The van der Waals surface area contributed by atoms with Crippen molar-refractivity contribution in [3.05, 3.63) is 22.0 Å². The molecule has 0 saturated carbocycles. The second-order valence-electron chi connectivity index (χ2n) is 3.10. The summed E-state index contributed by atoms with van der Waals surface area (Å²) in [7, 11) is 0. The second-order valence-corrected chi connectivity index (χ2v) is 3.10. The minimum Gasteiger partial charge on any atom is -0.395 e. The van der Waals surface area contributed by atoms with Crippen LogP contribution in [0.2, 0.25) is 0 Å². The lowest BCUT2D eigenvalue weighted by molar-refractivity contribution is -0.385. The van der Waals surface area contributed by atoms with Gasteiger partial charge in [-0.15, -0.1) is 0 Å². The number of carbonyl (C=O) groups is 1. The molecule has 0 bridgehead atoms. The highest BCUT2D eigenvalue weighted by molar-refractivity contribution is 5.75. The van der Waals surface area contributed by atoms with E-state index in [0.717, 1.165) is 6.20 Å². The van der Waals surface area contributed by atoms with Gasteiger partial charge >= 0.3 is 5.69 Å². The molecule has 2 N–H and O–H groups in total. The van der Waals surface area contributed by atoms with Gasteiger partial charge in [0.25, 0.3) is 0 Å². The van der Waals surface area contributed by atoms with Gasteiger partial charge in [0, 0.05) is 6.54 Å². The molecule has 1 amide bonds. The van der Waals surface area contributed by atoms with Gasteiger partial charge in [-0.25, -0.2) is 0 Å². The predicted octanol–water partition coefficient (Wildman–Crippen LogP) is -0.792. The van der Waals surface area contributed by atoms with Crippen molar-refractivity contribution < 1.29 is 14.8 Å². The molecule has 16 heavy (non-hydrogen) atoms. The van der Waals surface area contributed by atoms with E-state index in [-0.39, 0.29) is 31.3 Å². The van der Waals surface area contributed by atoms with Crippen molar-refractivity contribution in [1.29, 1.82) is 0 Å². The van der Waals surface area contributed by atoms with Gasteiger partial charge in [-0.05, 0) is 6.92 Å². The maximum atomic E-state index is 11.2. The summed E-state index contributed by atoms with van der Waals surface area (Å²) in [6.45, 7) is 1.43. The summed E-state index contributed by atoms with van der Waals surface area (Å²) in [6.07, 6.45) is 1.11. The highest BCUT2D eigenvalue weighted by Gasteiger charge is 2.17. The fraction of sp³-hybridized carbons (Fsp3) is 0.500. The summed E-state index contributed by atoms with van der Waals surface area (Å²) in [5.74, 6) is -0.352. The molecule has 8 nitrogen and oxygen atoms in total. The number of aliphatic hydroxyl groups excluding tert-OH is 1. The molecule has 0 aliphatic carbocycles. The number of aliphatic hydroxyl groups is 1. The number of aromatic nitrogens is 2. The van der Waals surface area contributed by atoms with Gasteiger partial charge in [0.2, 0.25) is 5.91 Å². The Hall–Kier alpha value is -1.96. The van der Waals surface area contributed by atoms with Crippen LogP contribution < -0.4 is 5.32 Å². The molecule has 0 radical (unpaired) electrons. The average Bonchev–Trinajstić information content (AvgIpc) is 2.57. The number of nitrogens with zero attached hydrogens (tertiary/aromatic N) is 3. The maximum absolute atomic E-state index is 11.2. The second kappa shape index (κ2) is 5.21.